The Bertz CT molecular complexity index is 599. The zero-order valence-corrected chi connectivity index (χ0v) is 12.6. The smallest absolute Gasteiger partial charge is 0.123 e. The second-order valence-corrected chi connectivity index (χ2v) is 6.22. The molecule has 0 heterocycles. The van der Waals surface area contributed by atoms with Crippen LogP contribution in [0.3, 0.4) is 0 Å². The van der Waals surface area contributed by atoms with Gasteiger partial charge in [0.1, 0.15) is 5.82 Å². The Morgan fingerprint density at radius 1 is 1.10 bits per heavy atom. The van der Waals surface area contributed by atoms with Crippen molar-refractivity contribution in [3.63, 3.8) is 0 Å². The van der Waals surface area contributed by atoms with Crippen LogP contribution in [0.4, 0.5) is 4.39 Å². The molecule has 0 bridgehead atoms. The molecule has 110 valence electrons. The molecule has 1 fully saturated rings. The molecule has 1 nitrogen and oxygen atoms in total. The molecule has 0 unspecified atom stereocenters. The summed E-state index contributed by atoms with van der Waals surface area (Å²) >= 11 is 0. The summed E-state index contributed by atoms with van der Waals surface area (Å²) in [6.45, 7) is 4.23. The molecular weight excluding hydrogens is 261 g/mol. The molecular formula is C19H22FN. The summed E-state index contributed by atoms with van der Waals surface area (Å²) in [6, 6.07) is 16.5. The van der Waals surface area contributed by atoms with Crippen LogP contribution in [0.15, 0.2) is 48.5 Å². The molecule has 21 heavy (non-hydrogen) atoms. The van der Waals surface area contributed by atoms with Crippen LogP contribution in [-0.2, 0) is 0 Å². The van der Waals surface area contributed by atoms with Gasteiger partial charge in [0.05, 0.1) is 0 Å². The van der Waals surface area contributed by atoms with Gasteiger partial charge in [-0.25, -0.2) is 4.39 Å². The topological polar surface area (TPSA) is 12.0 Å². The van der Waals surface area contributed by atoms with Crippen molar-refractivity contribution >= 4 is 0 Å². The highest BCUT2D eigenvalue weighted by atomic mass is 19.1. The molecule has 1 saturated carbocycles. The largest absolute Gasteiger partial charge is 0.307 e. The van der Waals surface area contributed by atoms with E-state index in [0.29, 0.717) is 12.0 Å². The Labute approximate surface area is 126 Å². The van der Waals surface area contributed by atoms with Crippen LogP contribution < -0.4 is 5.32 Å². The summed E-state index contributed by atoms with van der Waals surface area (Å²) in [5.41, 5.74) is 3.78. The fraction of sp³-hybridized carbons (Fsp3) is 0.368. The van der Waals surface area contributed by atoms with Gasteiger partial charge < -0.3 is 5.32 Å². The van der Waals surface area contributed by atoms with Gasteiger partial charge in [0.2, 0.25) is 0 Å². The first-order chi connectivity index (χ1) is 10.1. The van der Waals surface area contributed by atoms with E-state index < -0.39 is 0 Å². The maximum Gasteiger partial charge on any atom is 0.123 e. The van der Waals surface area contributed by atoms with Crippen LogP contribution in [0.5, 0.6) is 0 Å². The molecule has 0 amide bonds. The highest BCUT2D eigenvalue weighted by Gasteiger charge is 2.31. The number of nitrogens with one attached hydrogen (secondary N) is 1. The molecule has 2 heteroatoms. The predicted molar refractivity (Wildman–Crippen MR) is 84.9 cm³/mol. The van der Waals surface area contributed by atoms with Gasteiger partial charge in [0.15, 0.2) is 0 Å². The first-order valence-corrected chi connectivity index (χ1v) is 7.70. The third-order valence-corrected chi connectivity index (χ3v) is 4.52. The first kappa shape index (κ1) is 14.3. The van der Waals surface area contributed by atoms with E-state index in [1.165, 1.54) is 30.0 Å². The number of rotatable bonds is 4. The fourth-order valence-electron chi connectivity index (χ4n) is 3.09. The molecule has 2 aromatic rings. The van der Waals surface area contributed by atoms with Gasteiger partial charge in [-0.1, -0.05) is 42.0 Å². The summed E-state index contributed by atoms with van der Waals surface area (Å²) in [6.07, 6.45) is 2.34. The molecule has 0 radical (unpaired) electrons. The van der Waals surface area contributed by atoms with Crippen LogP contribution in [0.1, 0.15) is 48.4 Å². The van der Waals surface area contributed by atoms with E-state index in [9.17, 15) is 4.39 Å². The lowest BCUT2D eigenvalue weighted by Gasteiger charge is -2.38. The van der Waals surface area contributed by atoms with Crippen LogP contribution in [-0.4, -0.2) is 6.04 Å². The summed E-state index contributed by atoms with van der Waals surface area (Å²) in [4.78, 5) is 0. The molecule has 0 saturated heterocycles. The van der Waals surface area contributed by atoms with Crippen LogP contribution in [0, 0.1) is 12.7 Å². The van der Waals surface area contributed by atoms with Gasteiger partial charge in [0.25, 0.3) is 0 Å². The Morgan fingerprint density at radius 2 is 1.81 bits per heavy atom. The Kier molecular flexibility index (Phi) is 4.07. The van der Waals surface area contributed by atoms with Crippen LogP contribution >= 0.6 is 0 Å². The average Bonchev–Trinajstić information content (AvgIpc) is 2.43. The minimum absolute atomic E-state index is 0.160. The van der Waals surface area contributed by atoms with Crippen molar-refractivity contribution in [1.29, 1.82) is 0 Å². The normalized spacial score (nSPS) is 22.6. The van der Waals surface area contributed by atoms with Crippen molar-refractivity contribution in [1.82, 2.24) is 5.32 Å². The van der Waals surface area contributed by atoms with Crippen LogP contribution in [0.25, 0.3) is 0 Å². The molecule has 0 spiro atoms. The zero-order chi connectivity index (χ0) is 14.8. The lowest BCUT2D eigenvalue weighted by atomic mass is 9.75. The third kappa shape index (κ3) is 3.33. The Balaban J connectivity index is 1.54. The standard InChI is InChI=1S/C19H22FN/c1-13-6-8-15(9-7-13)17-11-19(12-17)21-14(2)16-4-3-5-18(20)10-16/h3-10,14,17,19,21H,11-12H2,1-2H3/t14-,17?,19?/m0/s1. The van der Waals surface area contributed by atoms with Crippen molar-refractivity contribution in [2.75, 3.05) is 0 Å². The number of hydrogen-bond donors (Lipinski definition) is 1. The van der Waals surface area contributed by atoms with Gasteiger partial charge in [0, 0.05) is 12.1 Å². The zero-order valence-electron chi connectivity index (χ0n) is 12.6. The molecule has 1 atom stereocenters. The van der Waals surface area contributed by atoms with Gasteiger partial charge in [-0.3, -0.25) is 0 Å². The van der Waals surface area contributed by atoms with E-state index in [0.717, 1.165) is 5.56 Å². The van der Waals surface area contributed by atoms with Gasteiger partial charge in [-0.2, -0.15) is 0 Å². The second-order valence-electron chi connectivity index (χ2n) is 6.22. The number of aryl methyl sites for hydroxylation is 1. The van der Waals surface area contributed by atoms with Crippen LogP contribution in [0.2, 0.25) is 0 Å². The van der Waals surface area contributed by atoms with Crippen molar-refractivity contribution in [2.45, 2.75) is 44.7 Å². The minimum atomic E-state index is -0.160. The SMILES string of the molecule is Cc1ccc(C2CC(N[C@@H](C)c3cccc(F)c3)C2)cc1. The van der Waals surface area contributed by atoms with Crippen molar-refractivity contribution < 1.29 is 4.39 Å². The average molecular weight is 283 g/mol. The molecule has 3 rings (SSSR count). The summed E-state index contributed by atoms with van der Waals surface area (Å²) in [5, 5.41) is 3.60. The van der Waals surface area contributed by atoms with Crippen molar-refractivity contribution in [2.24, 2.45) is 0 Å². The lowest BCUT2D eigenvalue weighted by molar-refractivity contribution is 0.270. The maximum atomic E-state index is 13.2. The third-order valence-electron chi connectivity index (χ3n) is 4.52. The number of benzene rings is 2. The molecule has 0 aliphatic heterocycles. The summed E-state index contributed by atoms with van der Waals surface area (Å²) < 4.78 is 13.2. The van der Waals surface area contributed by atoms with E-state index in [2.05, 4.69) is 43.4 Å². The monoisotopic (exact) mass is 283 g/mol. The number of hydrogen-bond acceptors (Lipinski definition) is 1. The second kappa shape index (κ2) is 5.98. The summed E-state index contributed by atoms with van der Waals surface area (Å²) in [7, 11) is 0. The van der Waals surface area contributed by atoms with Gasteiger partial charge >= 0.3 is 0 Å². The molecule has 0 aromatic heterocycles. The fourth-order valence-corrected chi connectivity index (χ4v) is 3.09. The van der Waals surface area contributed by atoms with E-state index in [1.807, 2.05) is 6.07 Å². The van der Waals surface area contributed by atoms with Crippen molar-refractivity contribution in [3.05, 3.63) is 71.0 Å². The number of halogens is 1. The highest BCUT2D eigenvalue weighted by Crippen LogP contribution is 2.37. The lowest BCUT2D eigenvalue weighted by Crippen LogP contribution is -2.41. The molecule has 1 aliphatic rings. The Hall–Kier alpha value is -1.67. The summed E-state index contributed by atoms with van der Waals surface area (Å²) in [5.74, 6) is 0.509. The van der Waals surface area contributed by atoms with E-state index >= 15 is 0 Å². The van der Waals surface area contributed by atoms with E-state index in [1.54, 1.807) is 12.1 Å². The van der Waals surface area contributed by atoms with Gasteiger partial charge in [-0.05, 0) is 55.9 Å². The minimum Gasteiger partial charge on any atom is -0.307 e. The molecule has 1 N–H and O–H groups in total. The van der Waals surface area contributed by atoms with Gasteiger partial charge in [-0.15, -0.1) is 0 Å². The van der Waals surface area contributed by atoms with Crippen molar-refractivity contribution in [3.8, 4) is 0 Å². The van der Waals surface area contributed by atoms with E-state index in [4.69, 9.17) is 0 Å². The maximum absolute atomic E-state index is 13.2. The highest BCUT2D eigenvalue weighted by molar-refractivity contribution is 5.27. The Morgan fingerprint density at radius 3 is 2.48 bits per heavy atom. The predicted octanol–water partition coefficient (Wildman–Crippen LogP) is 4.73. The molecule has 1 aliphatic carbocycles. The van der Waals surface area contributed by atoms with E-state index in [-0.39, 0.29) is 11.9 Å². The molecule has 2 aromatic carbocycles. The first-order valence-electron chi connectivity index (χ1n) is 7.70. The quantitative estimate of drug-likeness (QED) is 0.855.